The number of carbonyl (C=O) groups is 1. The van der Waals surface area contributed by atoms with Crippen LogP contribution in [0.3, 0.4) is 0 Å². The van der Waals surface area contributed by atoms with Crippen LogP contribution in [0, 0.1) is 0 Å². The minimum Gasteiger partial charge on any atom is -0.481 e. The molecule has 0 aliphatic heterocycles. The van der Waals surface area contributed by atoms with Crippen molar-refractivity contribution in [2.24, 2.45) is 0 Å². The molecule has 1 aromatic heterocycles. The van der Waals surface area contributed by atoms with Gasteiger partial charge in [0, 0.05) is 6.20 Å². The maximum absolute atomic E-state index is 12.6. The number of carboxylic acid groups (broad SMARTS) is 1. The van der Waals surface area contributed by atoms with Gasteiger partial charge in [-0.1, -0.05) is 0 Å². The zero-order valence-electron chi connectivity index (χ0n) is 7.52. The van der Waals surface area contributed by atoms with Gasteiger partial charge < -0.3 is 10.2 Å². The van der Waals surface area contributed by atoms with Gasteiger partial charge in [-0.25, -0.2) is 4.98 Å². The van der Waals surface area contributed by atoms with Gasteiger partial charge in [0.15, 0.2) is 0 Å². The highest BCUT2D eigenvalue weighted by atomic mass is 32.2. The average molecular weight is 273 g/mol. The quantitative estimate of drug-likeness (QED) is 0.732. The van der Waals surface area contributed by atoms with Gasteiger partial charge in [0.1, 0.15) is 4.34 Å². The Morgan fingerprint density at radius 3 is 2.44 bits per heavy atom. The van der Waals surface area contributed by atoms with Crippen LogP contribution < -0.4 is 0 Å². The summed E-state index contributed by atoms with van der Waals surface area (Å²) < 4.78 is 37.8. The molecule has 2 N–H and O–H groups in total. The maximum Gasteiger partial charge on any atom is 0.422 e. The first kappa shape index (κ1) is 13.3. The van der Waals surface area contributed by atoms with E-state index in [4.69, 9.17) is 5.11 Å². The largest absolute Gasteiger partial charge is 0.481 e. The molecule has 0 amide bonds. The molecule has 0 saturated carbocycles. The van der Waals surface area contributed by atoms with E-state index in [1.807, 2.05) is 0 Å². The second kappa shape index (κ2) is 4.22. The number of thiazole rings is 1. The van der Waals surface area contributed by atoms with Crippen LogP contribution in [0.15, 0.2) is 10.5 Å². The Morgan fingerprint density at radius 2 is 2.12 bits per heavy atom. The van der Waals surface area contributed by atoms with Crippen LogP contribution in [0.4, 0.5) is 13.2 Å². The number of hydrogen-bond donors (Lipinski definition) is 3. The lowest BCUT2D eigenvalue weighted by Gasteiger charge is -2.27. The Labute approximate surface area is 97.2 Å². The summed E-state index contributed by atoms with van der Waals surface area (Å²) in [5.41, 5.74) is -3.42. The SMILES string of the molecule is O=C(O)C[C@](O)(c1cnc(S)s1)C(F)(F)F. The van der Waals surface area contributed by atoms with E-state index in [-0.39, 0.29) is 4.34 Å². The third-order valence-electron chi connectivity index (χ3n) is 1.78. The van der Waals surface area contributed by atoms with E-state index in [0.29, 0.717) is 11.3 Å². The minimum absolute atomic E-state index is 0.0167. The van der Waals surface area contributed by atoms with E-state index in [1.54, 1.807) is 0 Å². The predicted octanol–water partition coefficient (Wildman–Crippen LogP) is 1.66. The summed E-state index contributed by atoms with van der Waals surface area (Å²) in [7, 11) is 0. The number of aromatic nitrogens is 1. The number of thiol groups is 1. The first-order valence-corrected chi connectivity index (χ1v) is 5.09. The van der Waals surface area contributed by atoms with Gasteiger partial charge in [-0.05, 0) is 0 Å². The first-order chi connectivity index (χ1) is 7.17. The molecule has 0 saturated heterocycles. The molecule has 0 bridgehead atoms. The van der Waals surface area contributed by atoms with Crippen molar-refractivity contribution in [2.45, 2.75) is 22.5 Å². The van der Waals surface area contributed by atoms with Crippen LogP contribution in [-0.4, -0.2) is 27.3 Å². The van der Waals surface area contributed by atoms with Crippen molar-refractivity contribution in [2.75, 3.05) is 0 Å². The highest BCUT2D eigenvalue weighted by Crippen LogP contribution is 2.43. The van der Waals surface area contributed by atoms with Crippen molar-refractivity contribution < 1.29 is 28.2 Å². The molecule has 0 aromatic carbocycles. The molecule has 1 heterocycles. The molecular formula is C7H6F3NO3S2. The fraction of sp³-hybridized carbons (Fsp3) is 0.429. The van der Waals surface area contributed by atoms with Gasteiger partial charge >= 0.3 is 12.1 Å². The van der Waals surface area contributed by atoms with E-state index >= 15 is 0 Å². The third kappa shape index (κ3) is 2.47. The molecule has 4 nitrogen and oxygen atoms in total. The van der Waals surface area contributed by atoms with Gasteiger partial charge in [0.05, 0.1) is 11.3 Å². The first-order valence-electron chi connectivity index (χ1n) is 3.83. The van der Waals surface area contributed by atoms with Crippen molar-refractivity contribution in [1.82, 2.24) is 4.98 Å². The van der Waals surface area contributed by atoms with Crippen molar-refractivity contribution >= 4 is 29.9 Å². The lowest BCUT2D eigenvalue weighted by atomic mass is 9.98. The molecule has 90 valence electrons. The van der Waals surface area contributed by atoms with E-state index in [1.165, 1.54) is 0 Å². The van der Waals surface area contributed by atoms with Crippen LogP contribution in [0.2, 0.25) is 0 Å². The van der Waals surface area contributed by atoms with Crippen molar-refractivity contribution in [3.8, 4) is 0 Å². The van der Waals surface area contributed by atoms with Crippen LogP contribution >= 0.6 is 24.0 Å². The Kier molecular flexibility index (Phi) is 3.50. The molecule has 1 aromatic rings. The molecule has 16 heavy (non-hydrogen) atoms. The fourth-order valence-corrected chi connectivity index (χ4v) is 2.12. The lowest BCUT2D eigenvalue weighted by molar-refractivity contribution is -0.267. The number of aliphatic carboxylic acids is 1. The van der Waals surface area contributed by atoms with E-state index < -0.39 is 29.0 Å². The zero-order valence-corrected chi connectivity index (χ0v) is 9.23. The Morgan fingerprint density at radius 1 is 1.56 bits per heavy atom. The molecule has 1 atom stereocenters. The summed E-state index contributed by atoms with van der Waals surface area (Å²) in [5, 5.41) is 17.8. The molecule has 1 rings (SSSR count). The van der Waals surface area contributed by atoms with Crippen LogP contribution in [-0.2, 0) is 10.4 Å². The van der Waals surface area contributed by atoms with E-state index in [0.717, 1.165) is 6.20 Å². The van der Waals surface area contributed by atoms with Crippen LogP contribution in [0.1, 0.15) is 11.3 Å². The van der Waals surface area contributed by atoms with Gasteiger partial charge in [-0.2, -0.15) is 13.2 Å². The second-order valence-electron chi connectivity index (χ2n) is 2.94. The molecule has 0 aliphatic carbocycles. The standard InChI is InChI=1S/C7H6F3NO3S2/c8-7(9,10)6(14,1-4(12)13)3-2-11-5(15)16-3/h2,14H,1H2,(H,11,15)(H,12,13)/t6-/m0/s1. The smallest absolute Gasteiger partial charge is 0.422 e. The number of hydrogen-bond acceptors (Lipinski definition) is 5. The van der Waals surface area contributed by atoms with Gasteiger partial charge in [0.25, 0.3) is 0 Å². The lowest BCUT2D eigenvalue weighted by Crippen LogP contribution is -2.43. The summed E-state index contributed by atoms with van der Waals surface area (Å²) in [4.78, 5) is 13.2. The monoisotopic (exact) mass is 273 g/mol. The van der Waals surface area contributed by atoms with E-state index in [9.17, 15) is 23.1 Å². The number of nitrogens with zero attached hydrogens (tertiary/aromatic N) is 1. The van der Waals surface area contributed by atoms with Gasteiger partial charge in [-0.15, -0.1) is 24.0 Å². The molecule has 0 spiro atoms. The summed E-state index contributed by atoms with van der Waals surface area (Å²) >= 11 is 4.19. The number of aliphatic hydroxyl groups is 1. The number of halogens is 3. The van der Waals surface area contributed by atoms with Crippen molar-refractivity contribution in [3.63, 3.8) is 0 Å². The Hall–Kier alpha value is -0.800. The molecule has 0 radical (unpaired) electrons. The Balaban J connectivity index is 3.19. The number of carboxylic acids is 1. The molecular weight excluding hydrogens is 267 g/mol. The molecule has 0 aliphatic rings. The van der Waals surface area contributed by atoms with Crippen molar-refractivity contribution in [1.29, 1.82) is 0 Å². The summed E-state index contributed by atoms with van der Waals surface area (Å²) in [5.74, 6) is -1.76. The summed E-state index contributed by atoms with van der Waals surface area (Å²) in [6.07, 6.45) is -5.78. The summed E-state index contributed by atoms with van der Waals surface area (Å²) in [6, 6.07) is 0. The molecule has 0 unspecified atom stereocenters. The van der Waals surface area contributed by atoms with Gasteiger partial charge in [-0.3, -0.25) is 4.79 Å². The van der Waals surface area contributed by atoms with E-state index in [2.05, 4.69) is 17.6 Å². The third-order valence-corrected chi connectivity index (χ3v) is 3.12. The highest BCUT2D eigenvalue weighted by Gasteiger charge is 2.57. The van der Waals surface area contributed by atoms with Crippen LogP contribution in [0.5, 0.6) is 0 Å². The topological polar surface area (TPSA) is 70.4 Å². The molecule has 9 heteroatoms. The van der Waals surface area contributed by atoms with Gasteiger partial charge in [0.2, 0.25) is 5.60 Å². The highest BCUT2D eigenvalue weighted by molar-refractivity contribution is 7.82. The fourth-order valence-electron chi connectivity index (χ4n) is 1.00. The number of alkyl halides is 3. The normalized spacial score (nSPS) is 15.8. The minimum atomic E-state index is -5.09. The van der Waals surface area contributed by atoms with Crippen LogP contribution in [0.25, 0.3) is 0 Å². The predicted molar refractivity (Wildman–Crippen MR) is 51.6 cm³/mol. The maximum atomic E-state index is 12.6. The number of rotatable bonds is 3. The average Bonchev–Trinajstić information content (AvgIpc) is 2.48. The van der Waals surface area contributed by atoms with Crippen molar-refractivity contribution in [3.05, 3.63) is 11.1 Å². The molecule has 0 fully saturated rings. The second-order valence-corrected chi connectivity index (χ2v) is 4.69. The Bertz CT molecular complexity index is 406. The zero-order chi connectivity index (χ0) is 12.6. The summed E-state index contributed by atoms with van der Waals surface area (Å²) in [6.45, 7) is 0.